The van der Waals surface area contributed by atoms with Crippen molar-refractivity contribution in [2.75, 3.05) is 20.2 Å². The summed E-state index contributed by atoms with van der Waals surface area (Å²) in [5, 5.41) is 4.24. The molecule has 2 aromatic rings. The summed E-state index contributed by atoms with van der Waals surface area (Å²) in [6.07, 6.45) is 9.85. The zero-order valence-electron chi connectivity index (χ0n) is 31.6. The van der Waals surface area contributed by atoms with Crippen molar-refractivity contribution in [3.63, 3.8) is 0 Å². The minimum absolute atomic E-state index is 0.0515. The molecule has 1 aromatic heterocycles. The normalized spacial score (nSPS) is 18.5. The lowest BCUT2D eigenvalue weighted by Gasteiger charge is -2.23. The monoisotopic (exact) mass is 722 g/mol. The number of carbonyl (C=O) groups excluding carboxylic acids is 1. The fourth-order valence-corrected chi connectivity index (χ4v) is 6.65. The van der Waals surface area contributed by atoms with Crippen LogP contribution in [-0.2, 0) is 19.7 Å². The van der Waals surface area contributed by atoms with Crippen LogP contribution in [0.4, 0.5) is 8.78 Å². The molecular weight excluding hydrogens is 672 g/mol. The van der Waals surface area contributed by atoms with Crippen molar-refractivity contribution in [2.24, 2.45) is 5.92 Å². The maximum absolute atomic E-state index is 15.1. The van der Waals surface area contributed by atoms with E-state index < -0.39 is 23.5 Å². The molecule has 278 valence electrons. The zero-order chi connectivity index (χ0) is 38.7. The molecule has 3 atom stereocenters. The van der Waals surface area contributed by atoms with E-state index in [-0.39, 0.29) is 24.0 Å². The van der Waals surface area contributed by atoms with Gasteiger partial charge in [-0.15, -0.1) is 5.73 Å². The molecule has 9 heteroatoms. The molecule has 0 amide bonds. The second-order valence-electron chi connectivity index (χ2n) is 14.0. The molecule has 1 aliphatic heterocycles. The molecule has 0 saturated carbocycles. The van der Waals surface area contributed by atoms with Gasteiger partial charge < -0.3 is 14.0 Å². The quantitative estimate of drug-likeness (QED) is 0.0430. The third kappa shape index (κ3) is 10.8. The highest BCUT2D eigenvalue weighted by molar-refractivity contribution is 5.90. The molecule has 0 saturated heterocycles. The second kappa shape index (κ2) is 18.4. The SMILES string of the molecule is C=CC#CCC1=C=C(CC(=O)C=C)CCC(COC(=C/C(=C)OC(C)C2=[N+](C)CC(F)C2)/C=C(\C)c2noc(C(C)(C)c3c(F)cccc3C=C)n2)C1. The fraction of sp³-hybridized carbons (Fsp3) is 0.386. The average Bonchev–Trinajstić information content (AvgIpc) is 3.70. The summed E-state index contributed by atoms with van der Waals surface area (Å²) >= 11 is 0. The van der Waals surface area contributed by atoms with E-state index in [4.69, 9.17) is 14.0 Å². The number of nitrogens with zero attached hydrogens (tertiary/aromatic N) is 3. The molecule has 1 aliphatic carbocycles. The highest BCUT2D eigenvalue weighted by atomic mass is 19.1. The van der Waals surface area contributed by atoms with Gasteiger partial charge in [0.15, 0.2) is 36.1 Å². The Balaban J connectivity index is 1.61. The summed E-state index contributed by atoms with van der Waals surface area (Å²) in [4.78, 5) is 16.9. The van der Waals surface area contributed by atoms with Crippen molar-refractivity contribution in [1.29, 1.82) is 0 Å². The summed E-state index contributed by atoms with van der Waals surface area (Å²) in [5.41, 5.74) is 6.94. The fourth-order valence-electron chi connectivity index (χ4n) is 6.65. The van der Waals surface area contributed by atoms with Crippen LogP contribution in [0.5, 0.6) is 0 Å². The van der Waals surface area contributed by atoms with E-state index in [0.717, 1.165) is 23.3 Å². The van der Waals surface area contributed by atoms with E-state index in [1.54, 1.807) is 36.4 Å². The Morgan fingerprint density at radius 2 is 2.00 bits per heavy atom. The molecule has 0 bridgehead atoms. The lowest BCUT2D eigenvalue weighted by Crippen LogP contribution is -2.25. The van der Waals surface area contributed by atoms with Gasteiger partial charge in [0.05, 0.1) is 18.4 Å². The predicted octanol–water partition coefficient (Wildman–Crippen LogP) is 9.20. The van der Waals surface area contributed by atoms with Crippen LogP contribution >= 0.6 is 0 Å². The van der Waals surface area contributed by atoms with Crippen LogP contribution in [0.3, 0.4) is 0 Å². The topological polar surface area (TPSA) is 77.5 Å². The van der Waals surface area contributed by atoms with Gasteiger partial charge in [-0.05, 0) is 93.9 Å². The Morgan fingerprint density at radius 1 is 1.23 bits per heavy atom. The number of allylic oxidation sites excluding steroid dienone is 6. The van der Waals surface area contributed by atoms with E-state index in [9.17, 15) is 9.18 Å². The van der Waals surface area contributed by atoms with Crippen LogP contribution in [0.25, 0.3) is 11.6 Å². The van der Waals surface area contributed by atoms with Gasteiger partial charge in [-0.3, -0.25) is 4.79 Å². The van der Waals surface area contributed by atoms with E-state index in [2.05, 4.69) is 54.0 Å². The molecule has 3 unspecified atom stereocenters. The molecule has 7 nitrogen and oxygen atoms in total. The second-order valence-corrected chi connectivity index (χ2v) is 14.0. The van der Waals surface area contributed by atoms with Gasteiger partial charge in [-0.1, -0.05) is 61.5 Å². The van der Waals surface area contributed by atoms with Gasteiger partial charge in [0.1, 0.15) is 24.4 Å². The highest BCUT2D eigenvalue weighted by Crippen LogP contribution is 2.36. The van der Waals surface area contributed by atoms with Gasteiger partial charge in [0.2, 0.25) is 5.89 Å². The standard InChI is InChI=1S/C44H50F2N3O4/c1-10-13-14-16-32-23-33(25-37(50)12-3)19-20-34(24-32)28-51-38(22-30(5)52-31(6)40-26-36(45)27-49(40)9)21-29(4)42-47-43(53-48-42)44(7,8)41-35(11-2)17-15-18-39(41)46/h10-12,15,17-18,21-22,31,34,36H,1-3,5,16,19-20,24-28H2,4,6-9H3/q+1/b29-21+,38-22+. The molecule has 2 heterocycles. The average molecular weight is 723 g/mol. The Hall–Kier alpha value is -5.32. The van der Waals surface area contributed by atoms with Gasteiger partial charge in [0.25, 0.3) is 0 Å². The first-order valence-electron chi connectivity index (χ1n) is 17.8. The zero-order valence-corrected chi connectivity index (χ0v) is 31.6. The maximum atomic E-state index is 15.1. The molecule has 1 aromatic carbocycles. The summed E-state index contributed by atoms with van der Waals surface area (Å²) in [6, 6.07) is 4.82. The van der Waals surface area contributed by atoms with E-state index in [1.165, 1.54) is 12.1 Å². The van der Waals surface area contributed by atoms with Gasteiger partial charge in [-0.2, -0.15) is 4.98 Å². The first kappa shape index (κ1) is 40.5. The third-order valence-corrected chi connectivity index (χ3v) is 9.41. The lowest BCUT2D eigenvalue weighted by molar-refractivity contribution is -0.495. The number of ether oxygens (including phenoxy) is 2. The molecule has 2 aliphatic rings. The molecule has 4 rings (SSSR count). The molecule has 0 spiro atoms. The Morgan fingerprint density at radius 3 is 2.68 bits per heavy atom. The van der Waals surface area contributed by atoms with Crippen molar-refractivity contribution in [1.82, 2.24) is 10.1 Å². The summed E-state index contributed by atoms with van der Waals surface area (Å²) in [6.45, 7) is 23.3. The number of hydrogen-bond acceptors (Lipinski definition) is 6. The predicted molar refractivity (Wildman–Crippen MR) is 206 cm³/mol. The first-order valence-corrected chi connectivity index (χ1v) is 17.8. The van der Waals surface area contributed by atoms with Gasteiger partial charge >= 0.3 is 0 Å². The Bertz CT molecular complexity index is 1980. The maximum Gasteiger partial charge on any atom is 0.237 e. The van der Waals surface area contributed by atoms with Crippen LogP contribution in [0.15, 0.2) is 102 Å². The highest BCUT2D eigenvalue weighted by Gasteiger charge is 2.35. The number of ketones is 1. The number of halogens is 2. The van der Waals surface area contributed by atoms with Crippen molar-refractivity contribution >= 4 is 23.1 Å². The first-order chi connectivity index (χ1) is 25.2. The number of hydrogen-bond donors (Lipinski definition) is 0. The van der Waals surface area contributed by atoms with Gasteiger partial charge in [-0.25, -0.2) is 13.4 Å². The minimum atomic E-state index is -0.957. The number of aromatic nitrogens is 2. The largest absolute Gasteiger partial charge is 0.493 e. The lowest BCUT2D eigenvalue weighted by atomic mass is 9.81. The molecule has 53 heavy (non-hydrogen) atoms. The van der Waals surface area contributed by atoms with Crippen LogP contribution in [0, 0.1) is 23.6 Å². The van der Waals surface area contributed by atoms with Crippen molar-refractivity contribution in [3.05, 3.63) is 126 Å². The summed E-state index contributed by atoms with van der Waals surface area (Å²) in [5.74, 6) is 6.96. The van der Waals surface area contributed by atoms with Crippen LogP contribution < -0.4 is 0 Å². The Kier molecular flexibility index (Phi) is 14.1. The van der Waals surface area contributed by atoms with Crippen molar-refractivity contribution in [3.8, 4) is 11.8 Å². The number of carbonyl (C=O) groups is 1. The third-order valence-electron chi connectivity index (χ3n) is 9.41. The molecular formula is C44H50F2N3O4+. The van der Waals surface area contributed by atoms with E-state index in [0.29, 0.717) is 72.9 Å². The minimum Gasteiger partial charge on any atom is -0.493 e. The van der Waals surface area contributed by atoms with Crippen molar-refractivity contribution < 1.29 is 32.1 Å². The number of benzene rings is 1. The number of rotatable bonds is 16. The smallest absolute Gasteiger partial charge is 0.237 e. The molecule has 0 fully saturated rings. The molecule has 0 N–H and O–H groups in total. The summed E-state index contributed by atoms with van der Waals surface area (Å²) < 4.78 is 49.5. The number of alkyl halides is 1. The summed E-state index contributed by atoms with van der Waals surface area (Å²) in [7, 11) is 1.85. The van der Waals surface area contributed by atoms with Crippen molar-refractivity contribution in [2.45, 2.75) is 83.9 Å². The van der Waals surface area contributed by atoms with Crippen LogP contribution in [-0.4, -0.2) is 58.7 Å². The van der Waals surface area contributed by atoms with Crippen LogP contribution in [0.2, 0.25) is 0 Å². The van der Waals surface area contributed by atoms with Gasteiger partial charge in [0, 0.05) is 30.1 Å². The van der Waals surface area contributed by atoms with E-state index >= 15 is 4.39 Å². The molecule has 0 radical (unpaired) electrons. The Labute approximate surface area is 312 Å². The van der Waals surface area contributed by atoms with Crippen LogP contribution in [0.1, 0.15) is 89.1 Å². The van der Waals surface area contributed by atoms with E-state index in [1.807, 2.05) is 39.3 Å².